The molecule has 1 atom stereocenters. The van der Waals surface area contributed by atoms with E-state index in [1.807, 2.05) is 7.05 Å². The molecule has 2 aromatic carbocycles. The molecule has 0 bridgehead atoms. The molecule has 92 valence electrons. The summed E-state index contributed by atoms with van der Waals surface area (Å²) in [5.41, 5.74) is 5.37. The molecule has 0 aromatic heterocycles. The van der Waals surface area contributed by atoms with Gasteiger partial charge >= 0.3 is 0 Å². The van der Waals surface area contributed by atoms with Crippen LogP contribution >= 0.6 is 0 Å². The van der Waals surface area contributed by atoms with Crippen molar-refractivity contribution in [2.75, 3.05) is 19.0 Å². The molecule has 1 aliphatic heterocycles. The lowest BCUT2D eigenvalue weighted by Crippen LogP contribution is -2.18. The largest absolute Gasteiger partial charge is 0.344 e. The molecule has 0 saturated carbocycles. The molecule has 0 spiro atoms. The van der Waals surface area contributed by atoms with Gasteiger partial charge in [0.15, 0.2) is 0 Å². The van der Waals surface area contributed by atoms with E-state index in [0.29, 0.717) is 6.04 Å². The Balaban J connectivity index is 2.21. The molecule has 0 unspecified atom stereocenters. The number of anilines is 2. The summed E-state index contributed by atoms with van der Waals surface area (Å²) in [6.07, 6.45) is 1.04. The van der Waals surface area contributed by atoms with Gasteiger partial charge in [-0.1, -0.05) is 36.4 Å². The number of likely N-dealkylation sites (N-methyl/N-ethyl adjacent to an activating group) is 1. The third kappa shape index (κ3) is 1.70. The summed E-state index contributed by atoms with van der Waals surface area (Å²) in [6.45, 7) is 0. The van der Waals surface area contributed by atoms with Crippen LogP contribution in [0, 0.1) is 0 Å². The summed E-state index contributed by atoms with van der Waals surface area (Å²) in [7, 11) is 4.19. The van der Waals surface area contributed by atoms with Gasteiger partial charge in [-0.3, -0.25) is 0 Å². The second-order valence-electron chi connectivity index (χ2n) is 4.79. The number of rotatable bonds is 1. The summed E-state index contributed by atoms with van der Waals surface area (Å²) in [4.78, 5) is 2.29. The lowest BCUT2D eigenvalue weighted by molar-refractivity contribution is 0.597. The molecule has 1 aliphatic rings. The zero-order chi connectivity index (χ0) is 12.5. The van der Waals surface area contributed by atoms with E-state index in [9.17, 15) is 0 Å². The minimum absolute atomic E-state index is 0.382. The highest BCUT2D eigenvalue weighted by molar-refractivity contribution is 5.71. The van der Waals surface area contributed by atoms with Crippen LogP contribution < -0.4 is 10.2 Å². The first kappa shape index (κ1) is 11.3. The maximum atomic E-state index is 3.43. The van der Waals surface area contributed by atoms with Crippen molar-refractivity contribution < 1.29 is 0 Å². The van der Waals surface area contributed by atoms with Crippen LogP contribution in [0.3, 0.4) is 0 Å². The summed E-state index contributed by atoms with van der Waals surface area (Å²) >= 11 is 0. The molecular formula is C16H18N2. The first-order chi connectivity index (χ1) is 8.81. The topological polar surface area (TPSA) is 15.3 Å². The Hall–Kier alpha value is -1.80. The number of benzene rings is 2. The van der Waals surface area contributed by atoms with Crippen LogP contribution in [0.5, 0.6) is 0 Å². The van der Waals surface area contributed by atoms with Crippen molar-refractivity contribution in [1.29, 1.82) is 0 Å². The summed E-state index contributed by atoms with van der Waals surface area (Å²) < 4.78 is 0. The summed E-state index contributed by atoms with van der Waals surface area (Å²) in [5, 5.41) is 3.43. The molecule has 2 heteroatoms. The number of hydrogen-bond donors (Lipinski definition) is 1. The van der Waals surface area contributed by atoms with Crippen LogP contribution in [0.25, 0.3) is 0 Å². The number of nitrogens with zero attached hydrogens (tertiary/aromatic N) is 1. The Labute approximate surface area is 108 Å². The van der Waals surface area contributed by atoms with E-state index in [-0.39, 0.29) is 0 Å². The fraction of sp³-hybridized carbons (Fsp3) is 0.250. The molecule has 1 N–H and O–H groups in total. The summed E-state index contributed by atoms with van der Waals surface area (Å²) in [6, 6.07) is 17.7. The molecule has 3 rings (SSSR count). The highest BCUT2D eigenvalue weighted by Crippen LogP contribution is 2.38. The number of fused-ring (bicyclic) bond motifs is 2. The molecule has 2 nitrogen and oxygen atoms in total. The van der Waals surface area contributed by atoms with Crippen LogP contribution in [-0.2, 0) is 6.42 Å². The van der Waals surface area contributed by atoms with E-state index >= 15 is 0 Å². The third-order valence-electron chi connectivity index (χ3n) is 3.80. The van der Waals surface area contributed by atoms with E-state index in [1.165, 1.54) is 22.5 Å². The van der Waals surface area contributed by atoms with Crippen LogP contribution in [0.1, 0.15) is 17.2 Å². The second-order valence-corrected chi connectivity index (χ2v) is 4.79. The van der Waals surface area contributed by atoms with Gasteiger partial charge in [0.2, 0.25) is 0 Å². The highest BCUT2D eigenvalue weighted by Gasteiger charge is 2.23. The average Bonchev–Trinajstić information content (AvgIpc) is 2.55. The monoisotopic (exact) mass is 238 g/mol. The van der Waals surface area contributed by atoms with E-state index in [2.05, 4.69) is 65.8 Å². The number of para-hydroxylation sites is 2. The first-order valence-corrected chi connectivity index (χ1v) is 6.39. The van der Waals surface area contributed by atoms with Crippen molar-refractivity contribution in [3.05, 3.63) is 59.7 Å². The summed E-state index contributed by atoms with van der Waals surface area (Å²) in [5.74, 6) is 0. The van der Waals surface area contributed by atoms with Gasteiger partial charge in [-0.05, 0) is 36.7 Å². The molecule has 0 amide bonds. The molecular weight excluding hydrogens is 220 g/mol. The predicted molar refractivity (Wildman–Crippen MR) is 76.5 cm³/mol. The Kier molecular flexibility index (Phi) is 2.80. The van der Waals surface area contributed by atoms with Gasteiger partial charge in [0, 0.05) is 24.5 Å². The van der Waals surface area contributed by atoms with Gasteiger partial charge in [-0.2, -0.15) is 0 Å². The normalized spacial score (nSPS) is 17.9. The van der Waals surface area contributed by atoms with Crippen molar-refractivity contribution in [2.45, 2.75) is 12.5 Å². The Morgan fingerprint density at radius 3 is 2.44 bits per heavy atom. The number of nitrogens with one attached hydrogen (secondary N) is 1. The van der Waals surface area contributed by atoms with Crippen molar-refractivity contribution in [2.24, 2.45) is 0 Å². The first-order valence-electron chi connectivity index (χ1n) is 6.39. The van der Waals surface area contributed by atoms with Crippen molar-refractivity contribution in [1.82, 2.24) is 5.32 Å². The lowest BCUT2D eigenvalue weighted by Gasteiger charge is -2.22. The van der Waals surface area contributed by atoms with Gasteiger partial charge < -0.3 is 10.2 Å². The number of hydrogen-bond acceptors (Lipinski definition) is 2. The van der Waals surface area contributed by atoms with E-state index in [0.717, 1.165) is 6.42 Å². The maximum Gasteiger partial charge on any atom is 0.0456 e. The highest BCUT2D eigenvalue weighted by atomic mass is 15.1. The van der Waals surface area contributed by atoms with Gasteiger partial charge in [-0.25, -0.2) is 0 Å². The van der Waals surface area contributed by atoms with Gasteiger partial charge in [0.1, 0.15) is 0 Å². The Morgan fingerprint density at radius 2 is 1.67 bits per heavy atom. The molecule has 2 aromatic rings. The van der Waals surface area contributed by atoms with Crippen LogP contribution in [0.4, 0.5) is 11.4 Å². The van der Waals surface area contributed by atoms with Crippen molar-refractivity contribution >= 4 is 11.4 Å². The Bertz CT molecular complexity index is 563. The fourth-order valence-corrected chi connectivity index (χ4v) is 2.82. The maximum absolute atomic E-state index is 3.43. The minimum Gasteiger partial charge on any atom is -0.344 e. The van der Waals surface area contributed by atoms with E-state index < -0.39 is 0 Å². The average molecular weight is 238 g/mol. The minimum atomic E-state index is 0.382. The molecule has 0 saturated heterocycles. The Morgan fingerprint density at radius 1 is 1.00 bits per heavy atom. The zero-order valence-corrected chi connectivity index (χ0v) is 10.9. The molecule has 0 fully saturated rings. The SMILES string of the molecule is CN[C@@H]1Cc2ccccc2N(C)c2ccccc21. The second kappa shape index (κ2) is 4.46. The van der Waals surface area contributed by atoms with Gasteiger partial charge in [0.25, 0.3) is 0 Å². The standard InChI is InChI=1S/C16H18N2/c1-17-14-11-12-7-3-5-9-15(12)18(2)16-10-6-4-8-13(14)16/h3-10,14,17H,11H2,1-2H3/t14-/m1/s1. The van der Waals surface area contributed by atoms with Crippen molar-refractivity contribution in [3.8, 4) is 0 Å². The lowest BCUT2D eigenvalue weighted by atomic mass is 9.99. The van der Waals surface area contributed by atoms with Crippen LogP contribution in [0.2, 0.25) is 0 Å². The van der Waals surface area contributed by atoms with E-state index in [1.54, 1.807) is 0 Å². The van der Waals surface area contributed by atoms with Gasteiger partial charge in [-0.15, -0.1) is 0 Å². The van der Waals surface area contributed by atoms with Crippen LogP contribution in [-0.4, -0.2) is 14.1 Å². The van der Waals surface area contributed by atoms with Gasteiger partial charge in [0.05, 0.1) is 0 Å². The molecule has 1 heterocycles. The van der Waals surface area contributed by atoms with Crippen LogP contribution in [0.15, 0.2) is 48.5 Å². The fourth-order valence-electron chi connectivity index (χ4n) is 2.82. The smallest absolute Gasteiger partial charge is 0.0456 e. The quantitative estimate of drug-likeness (QED) is 0.820. The van der Waals surface area contributed by atoms with E-state index in [4.69, 9.17) is 0 Å². The molecule has 0 aliphatic carbocycles. The predicted octanol–water partition coefficient (Wildman–Crippen LogP) is 3.27. The molecule has 0 radical (unpaired) electrons. The molecule has 18 heavy (non-hydrogen) atoms. The zero-order valence-electron chi connectivity index (χ0n) is 10.9. The third-order valence-corrected chi connectivity index (χ3v) is 3.80. The van der Waals surface area contributed by atoms with Crippen molar-refractivity contribution in [3.63, 3.8) is 0 Å².